The Kier molecular flexibility index (Phi) is 2.87. The quantitative estimate of drug-likeness (QED) is 0.755. The topological polar surface area (TPSA) is 35.3 Å². The van der Waals surface area contributed by atoms with Crippen LogP contribution in [0.1, 0.15) is 5.69 Å². The van der Waals surface area contributed by atoms with E-state index >= 15 is 0 Å². The van der Waals surface area contributed by atoms with Gasteiger partial charge in [-0.05, 0) is 24.3 Å². The number of aromatic nitrogens is 1. The first kappa shape index (κ1) is 9.98. The van der Waals surface area contributed by atoms with Gasteiger partial charge >= 0.3 is 6.08 Å². The number of rotatable bonds is 3. The lowest BCUT2D eigenvalue weighted by Crippen LogP contribution is -1.85. The molecule has 0 aliphatic rings. The Bertz CT molecular complexity index is 441. The number of alkyl halides is 1. The lowest BCUT2D eigenvalue weighted by molar-refractivity contribution is 0.330. The second-order valence-electron chi connectivity index (χ2n) is 2.79. The lowest BCUT2D eigenvalue weighted by Gasteiger charge is -1.98. The van der Waals surface area contributed by atoms with Crippen molar-refractivity contribution in [3.8, 4) is 11.8 Å². The molecule has 0 aliphatic heterocycles. The zero-order valence-corrected chi connectivity index (χ0v) is 8.37. The standard InChI is InChI=1S/C10H7ClFNO2/c11-5-8-6-14-10(13-8)15-9-3-1-7(12)2-4-9/h1-4,6H,5H2. The Morgan fingerprint density at radius 1 is 1.33 bits per heavy atom. The average molecular weight is 228 g/mol. The van der Waals surface area contributed by atoms with Crippen LogP contribution in [0.25, 0.3) is 0 Å². The van der Waals surface area contributed by atoms with Crippen molar-refractivity contribution in [2.24, 2.45) is 0 Å². The third-order valence-electron chi connectivity index (χ3n) is 1.69. The van der Waals surface area contributed by atoms with Crippen LogP contribution in [0, 0.1) is 5.82 Å². The number of ether oxygens (including phenoxy) is 1. The maximum atomic E-state index is 12.6. The number of benzene rings is 1. The third-order valence-corrected chi connectivity index (χ3v) is 1.96. The van der Waals surface area contributed by atoms with E-state index in [4.69, 9.17) is 20.8 Å². The first-order chi connectivity index (χ1) is 7.28. The van der Waals surface area contributed by atoms with Crippen LogP contribution in [0.15, 0.2) is 34.9 Å². The van der Waals surface area contributed by atoms with E-state index in [1.54, 1.807) is 0 Å². The summed E-state index contributed by atoms with van der Waals surface area (Å²) in [5, 5.41) is 0. The van der Waals surface area contributed by atoms with Crippen molar-refractivity contribution < 1.29 is 13.5 Å². The van der Waals surface area contributed by atoms with Crippen LogP contribution in [-0.2, 0) is 5.88 Å². The second-order valence-corrected chi connectivity index (χ2v) is 3.06. The summed E-state index contributed by atoms with van der Waals surface area (Å²) < 4.78 is 22.8. The first-order valence-electron chi connectivity index (χ1n) is 4.22. The maximum Gasteiger partial charge on any atom is 0.399 e. The highest BCUT2D eigenvalue weighted by atomic mass is 35.5. The Morgan fingerprint density at radius 3 is 2.67 bits per heavy atom. The molecule has 0 fully saturated rings. The van der Waals surface area contributed by atoms with E-state index in [-0.39, 0.29) is 17.8 Å². The van der Waals surface area contributed by atoms with Gasteiger partial charge in [0.25, 0.3) is 0 Å². The van der Waals surface area contributed by atoms with Crippen molar-refractivity contribution in [3.63, 3.8) is 0 Å². The Morgan fingerprint density at radius 2 is 2.07 bits per heavy atom. The lowest BCUT2D eigenvalue weighted by atomic mass is 10.3. The molecule has 2 rings (SSSR count). The van der Waals surface area contributed by atoms with Gasteiger partial charge in [0.05, 0.1) is 11.6 Å². The third kappa shape index (κ3) is 2.47. The highest BCUT2D eigenvalue weighted by molar-refractivity contribution is 6.16. The minimum atomic E-state index is -0.323. The molecule has 0 aliphatic carbocycles. The minimum Gasteiger partial charge on any atom is -0.417 e. The zero-order valence-electron chi connectivity index (χ0n) is 7.61. The van der Waals surface area contributed by atoms with Crippen molar-refractivity contribution in [1.82, 2.24) is 4.98 Å². The van der Waals surface area contributed by atoms with Gasteiger partial charge in [0.2, 0.25) is 0 Å². The maximum absolute atomic E-state index is 12.6. The predicted molar refractivity (Wildman–Crippen MR) is 52.5 cm³/mol. The Hall–Kier alpha value is -1.55. The molecule has 0 atom stereocenters. The number of hydrogen-bond donors (Lipinski definition) is 0. The van der Waals surface area contributed by atoms with E-state index in [0.29, 0.717) is 11.4 Å². The van der Waals surface area contributed by atoms with E-state index in [2.05, 4.69) is 4.98 Å². The van der Waals surface area contributed by atoms with Gasteiger partial charge in [0, 0.05) is 0 Å². The number of hydrogen-bond acceptors (Lipinski definition) is 3. The number of oxazole rings is 1. The van der Waals surface area contributed by atoms with E-state index in [1.165, 1.54) is 30.5 Å². The summed E-state index contributed by atoms with van der Waals surface area (Å²) in [4.78, 5) is 3.93. The highest BCUT2D eigenvalue weighted by Gasteiger charge is 2.05. The molecule has 3 nitrogen and oxygen atoms in total. The molecular formula is C10H7ClFNO2. The largest absolute Gasteiger partial charge is 0.417 e. The van der Waals surface area contributed by atoms with Gasteiger partial charge < -0.3 is 9.15 Å². The molecule has 0 saturated carbocycles. The molecule has 0 bridgehead atoms. The van der Waals surface area contributed by atoms with Gasteiger partial charge in [0.1, 0.15) is 17.8 Å². The molecule has 1 heterocycles. The molecule has 0 unspecified atom stereocenters. The van der Waals surface area contributed by atoms with Crippen LogP contribution in [0.5, 0.6) is 11.8 Å². The molecule has 2 aromatic rings. The molecule has 0 radical (unpaired) electrons. The average Bonchev–Trinajstić information content (AvgIpc) is 2.69. The molecule has 0 N–H and O–H groups in total. The van der Waals surface area contributed by atoms with Crippen molar-refractivity contribution in [3.05, 3.63) is 42.0 Å². The Balaban J connectivity index is 2.11. The number of nitrogens with zero attached hydrogens (tertiary/aromatic N) is 1. The summed E-state index contributed by atoms with van der Waals surface area (Å²) in [5.74, 6) is 0.395. The van der Waals surface area contributed by atoms with Crippen molar-refractivity contribution in [2.75, 3.05) is 0 Å². The molecule has 15 heavy (non-hydrogen) atoms. The van der Waals surface area contributed by atoms with Gasteiger partial charge in [-0.3, -0.25) is 0 Å². The molecule has 0 amide bonds. The van der Waals surface area contributed by atoms with Crippen LogP contribution in [0.4, 0.5) is 4.39 Å². The molecule has 5 heteroatoms. The van der Waals surface area contributed by atoms with Gasteiger partial charge in [0.15, 0.2) is 0 Å². The van der Waals surface area contributed by atoms with Crippen LogP contribution in [-0.4, -0.2) is 4.98 Å². The summed E-state index contributed by atoms with van der Waals surface area (Å²) >= 11 is 5.54. The summed E-state index contributed by atoms with van der Waals surface area (Å²) in [6.07, 6.45) is 1.50. The zero-order chi connectivity index (χ0) is 10.7. The van der Waals surface area contributed by atoms with E-state index < -0.39 is 0 Å². The first-order valence-corrected chi connectivity index (χ1v) is 4.75. The monoisotopic (exact) mass is 227 g/mol. The molecule has 1 aromatic carbocycles. The molecular weight excluding hydrogens is 221 g/mol. The summed E-state index contributed by atoms with van der Waals surface area (Å²) in [7, 11) is 0. The SMILES string of the molecule is Fc1ccc(Oc2nc(CCl)co2)cc1. The Labute approximate surface area is 90.4 Å². The summed E-state index contributed by atoms with van der Waals surface area (Å²) in [5.41, 5.74) is 0.591. The normalized spacial score (nSPS) is 10.3. The van der Waals surface area contributed by atoms with E-state index in [0.717, 1.165) is 0 Å². The van der Waals surface area contributed by atoms with Crippen LogP contribution in [0.3, 0.4) is 0 Å². The predicted octanol–water partition coefficient (Wildman–Crippen LogP) is 3.34. The van der Waals surface area contributed by atoms with Gasteiger partial charge in [-0.15, -0.1) is 11.6 Å². The van der Waals surface area contributed by atoms with E-state index in [1.807, 2.05) is 0 Å². The van der Waals surface area contributed by atoms with Gasteiger partial charge in [-0.1, -0.05) is 0 Å². The van der Waals surface area contributed by atoms with Crippen LogP contribution in [0.2, 0.25) is 0 Å². The summed E-state index contributed by atoms with van der Waals surface area (Å²) in [6, 6.07) is 5.56. The summed E-state index contributed by atoms with van der Waals surface area (Å²) in [6.45, 7) is 0. The fourth-order valence-electron chi connectivity index (χ4n) is 1.00. The van der Waals surface area contributed by atoms with Crippen LogP contribution < -0.4 is 4.74 Å². The van der Waals surface area contributed by atoms with Gasteiger partial charge in [-0.25, -0.2) is 4.39 Å². The smallest absolute Gasteiger partial charge is 0.399 e. The highest BCUT2D eigenvalue weighted by Crippen LogP contribution is 2.21. The molecule has 1 aromatic heterocycles. The van der Waals surface area contributed by atoms with Crippen molar-refractivity contribution in [2.45, 2.75) is 5.88 Å². The molecule has 0 spiro atoms. The van der Waals surface area contributed by atoms with Crippen molar-refractivity contribution in [1.29, 1.82) is 0 Å². The number of halogens is 2. The second kappa shape index (κ2) is 4.31. The fourth-order valence-corrected chi connectivity index (χ4v) is 1.12. The molecule has 0 saturated heterocycles. The fraction of sp³-hybridized carbons (Fsp3) is 0.100. The van der Waals surface area contributed by atoms with E-state index in [9.17, 15) is 4.39 Å². The molecule has 78 valence electrons. The van der Waals surface area contributed by atoms with Gasteiger partial charge in [-0.2, -0.15) is 4.98 Å². The van der Waals surface area contributed by atoms with Crippen molar-refractivity contribution >= 4 is 11.6 Å². The minimum absolute atomic E-state index is 0.0947. The van der Waals surface area contributed by atoms with Crippen LogP contribution >= 0.6 is 11.6 Å².